The fraction of sp³-hybridized carbons (Fsp3) is 0.300. The van der Waals surface area contributed by atoms with E-state index < -0.39 is 19.1 Å². The summed E-state index contributed by atoms with van der Waals surface area (Å²) >= 11 is 2.00. The van der Waals surface area contributed by atoms with Crippen molar-refractivity contribution in [2.45, 2.75) is 0 Å². The number of nitrogens with zero attached hydrogens (tertiary/aromatic N) is 2. The lowest BCUT2D eigenvalue weighted by Crippen LogP contribution is -2.48. The predicted molar refractivity (Wildman–Crippen MR) is 72.0 cm³/mol. The number of hydrogen-bond donors (Lipinski definition) is 0. The summed E-state index contributed by atoms with van der Waals surface area (Å²) in [5, 5.41) is 0. The van der Waals surface area contributed by atoms with Crippen molar-refractivity contribution < 1.29 is 18.9 Å². The minimum absolute atomic E-state index is 0.0580. The molecule has 2 heterocycles. The summed E-state index contributed by atoms with van der Waals surface area (Å²) in [7, 11) is 0.635. The van der Waals surface area contributed by atoms with Crippen LogP contribution in [0.4, 0.5) is 0 Å². The minimum Gasteiger partial charge on any atom is -0.494 e. The van der Waals surface area contributed by atoms with Crippen molar-refractivity contribution in [1.82, 2.24) is 9.88 Å². The van der Waals surface area contributed by atoms with Gasteiger partial charge in [-0.25, -0.2) is 0 Å². The Bertz CT molecular complexity index is 465. The number of hydrogen-bond acceptors (Lipinski definition) is 6. The van der Waals surface area contributed by atoms with Crippen molar-refractivity contribution in [2.24, 2.45) is 0 Å². The van der Waals surface area contributed by atoms with Crippen molar-refractivity contribution in [2.75, 3.05) is 20.1 Å². The van der Waals surface area contributed by atoms with Crippen LogP contribution in [0, 0.1) is 3.70 Å². The van der Waals surface area contributed by atoms with Crippen LogP contribution in [-0.4, -0.2) is 49.1 Å². The molecule has 0 unspecified atom stereocenters. The first-order chi connectivity index (χ1) is 8.56. The third-order valence-electron chi connectivity index (χ3n) is 2.32. The molecule has 1 aliphatic rings. The lowest BCUT2D eigenvalue weighted by molar-refractivity contribution is -0.145. The molecule has 0 N–H and O–H groups in total. The number of carbonyl (C=O) groups is 2. The molecule has 94 valence electrons. The summed E-state index contributed by atoms with van der Waals surface area (Å²) in [5.41, 5.74) is 0.573. The number of rotatable bonds is 1. The Hall–Kier alpha value is -1.16. The zero-order valence-electron chi connectivity index (χ0n) is 9.63. The first-order valence-corrected chi connectivity index (χ1v) is 6.32. The fourth-order valence-corrected chi connectivity index (χ4v) is 2.13. The molecule has 0 radical (unpaired) electrons. The van der Waals surface area contributed by atoms with Crippen molar-refractivity contribution in [3.8, 4) is 0 Å². The number of carbonyl (C=O) groups excluding carboxylic acids is 2. The maximum atomic E-state index is 11.6. The monoisotopic (exact) mass is 360 g/mol. The van der Waals surface area contributed by atoms with E-state index in [2.05, 4.69) is 4.98 Å². The van der Waals surface area contributed by atoms with Crippen LogP contribution in [0.15, 0.2) is 18.3 Å². The molecular formula is C10H10BIN2O4. The van der Waals surface area contributed by atoms with E-state index >= 15 is 0 Å². The zero-order chi connectivity index (χ0) is 13.1. The summed E-state index contributed by atoms with van der Waals surface area (Å²) in [6.07, 6.45) is 1.62. The van der Waals surface area contributed by atoms with E-state index in [0.29, 0.717) is 9.16 Å². The van der Waals surface area contributed by atoms with Crippen LogP contribution < -0.4 is 5.46 Å². The van der Waals surface area contributed by atoms with Gasteiger partial charge < -0.3 is 9.31 Å². The van der Waals surface area contributed by atoms with E-state index in [1.165, 1.54) is 4.90 Å². The van der Waals surface area contributed by atoms with Gasteiger partial charge in [0.2, 0.25) is 0 Å². The lowest BCUT2D eigenvalue weighted by atomic mass is 9.80. The van der Waals surface area contributed by atoms with Crippen molar-refractivity contribution in [3.63, 3.8) is 0 Å². The number of halogens is 1. The summed E-state index contributed by atoms with van der Waals surface area (Å²) in [4.78, 5) is 28.7. The van der Waals surface area contributed by atoms with Gasteiger partial charge in [0.1, 0.15) is 3.70 Å². The van der Waals surface area contributed by atoms with Crippen LogP contribution in [0.5, 0.6) is 0 Å². The Morgan fingerprint density at radius 2 is 1.94 bits per heavy atom. The van der Waals surface area contributed by atoms with Crippen LogP contribution in [-0.2, 0) is 18.9 Å². The van der Waals surface area contributed by atoms with Gasteiger partial charge in [0, 0.05) is 11.7 Å². The Kier molecular flexibility index (Phi) is 4.17. The molecule has 2 rings (SSSR count). The Morgan fingerprint density at radius 1 is 1.33 bits per heavy atom. The fourth-order valence-electron chi connectivity index (χ4n) is 1.54. The maximum absolute atomic E-state index is 11.6. The van der Waals surface area contributed by atoms with Gasteiger partial charge in [-0.3, -0.25) is 19.5 Å². The van der Waals surface area contributed by atoms with Gasteiger partial charge in [-0.15, -0.1) is 0 Å². The SMILES string of the molecule is CN1CC(=O)OB(c2cccnc2I)OC(=O)C1. The average molecular weight is 360 g/mol. The normalized spacial score (nSPS) is 17.8. The molecule has 0 bridgehead atoms. The van der Waals surface area contributed by atoms with E-state index in [4.69, 9.17) is 9.31 Å². The molecule has 8 heteroatoms. The number of likely N-dealkylation sites (N-methyl/N-ethyl adjacent to an activating group) is 1. The summed E-state index contributed by atoms with van der Waals surface area (Å²) in [6, 6.07) is 3.41. The molecule has 0 atom stereocenters. The molecule has 1 aromatic heterocycles. The third kappa shape index (κ3) is 3.19. The highest BCUT2D eigenvalue weighted by Gasteiger charge is 2.35. The average Bonchev–Trinajstić information content (AvgIpc) is 2.26. The van der Waals surface area contributed by atoms with Crippen molar-refractivity contribution >= 4 is 47.1 Å². The molecule has 6 nitrogen and oxygen atoms in total. The molecule has 1 fully saturated rings. The van der Waals surface area contributed by atoms with Crippen LogP contribution in [0.25, 0.3) is 0 Å². The lowest BCUT2D eigenvalue weighted by Gasteiger charge is -2.22. The number of aromatic nitrogens is 1. The second kappa shape index (κ2) is 5.66. The highest BCUT2D eigenvalue weighted by molar-refractivity contribution is 14.1. The predicted octanol–water partition coefficient (Wildman–Crippen LogP) is -0.587. The van der Waals surface area contributed by atoms with E-state index in [1.807, 2.05) is 22.6 Å². The standard InChI is InChI=1S/C10H10BIN2O4/c1-14-5-8(15)17-11(18-9(16)6-14)7-3-2-4-13-10(7)12/h2-4H,5-6H2,1H3. The molecule has 1 aliphatic heterocycles. The van der Waals surface area contributed by atoms with E-state index in [0.717, 1.165) is 0 Å². The molecule has 0 amide bonds. The Balaban J connectivity index is 2.24. The molecule has 0 aliphatic carbocycles. The molecule has 0 saturated carbocycles. The third-order valence-corrected chi connectivity index (χ3v) is 3.22. The Morgan fingerprint density at radius 3 is 2.50 bits per heavy atom. The Labute approximate surface area is 118 Å². The summed E-state index contributed by atoms with van der Waals surface area (Å²) in [6.45, 7) is 0.116. The molecule has 1 saturated heterocycles. The van der Waals surface area contributed by atoms with Crippen LogP contribution in [0.1, 0.15) is 0 Å². The summed E-state index contributed by atoms with van der Waals surface area (Å²) < 4.78 is 10.9. The van der Waals surface area contributed by atoms with Gasteiger partial charge in [0.05, 0.1) is 13.1 Å². The van der Waals surface area contributed by atoms with Crippen LogP contribution in [0.2, 0.25) is 0 Å². The van der Waals surface area contributed by atoms with Crippen molar-refractivity contribution in [1.29, 1.82) is 0 Å². The smallest absolute Gasteiger partial charge is 0.494 e. The second-order valence-electron chi connectivity index (χ2n) is 3.87. The number of pyridine rings is 1. The maximum Gasteiger partial charge on any atom is 0.639 e. The molecular weight excluding hydrogens is 350 g/mol. The highest BCUT2D eigenvalue weighted by Crippen LogP contribution is 2.04. The molecule has 1 aromatic rings. The molecule has 18 heavy (non-hydrogen) atoms. The van der Waals surface area contributed by atoms with Gasteiger partial charge in [0.15, 0.2) is 0 Å². The van der Waals surface area contributed by atoms with Gasteiger partial charge in [0.25, 0.3) is 0 Å². The van der Waals surface area contributed by atoms with Crippen LogP contribution in [0.3, 0.4) is 0 Å². The molecule has 0 spiro atoms. The minimum atomic E-state index is -1.01. The first-order valence-electron chi connectivity index (χ1n) is 5.24. The van der Waals surface area contributed by atoms with E-state index in [-0.39, 0.29) is 13.1 Å². The summed E-state index contributed by atoms with van der Waals surface area (Å²) in [5.74, 6) is -0.871. The quantitative estimate of drug-likeness (QED) is 0.379. The van der Waals surface area contributed by atoms with Crippen LogP contribution >= 0.6 is 22.6 Å². The largest absolute Gasteiger partial charge is 0.639 e. The zero-order valence-corrected chi connectivity index (χ0v) is 11.8. The highest BCUT2D eigenvalue weighted by atomic mass is 127. The molecule has 0 aromatic carbocycles. The van der Waals surface area contributed by atoms with Gasteiger partial charge in [-0.2, -0.15) is 0 Å². The van der Waals surface area contributed by atoms with Crippen molar-refractivity contribution in [3.05, 3.63) is 22.0 Å². The van der Waals surface area contributed by atoms with E-state index in [9.17, 15) is 9.59 Å². The van der Waals surface area contributed by atoms with Gasteiger partial charge >= 0.3 is 19.1 Å². The second-order valence-corrected chi connectivity index (χ2v) is 4.89. The topological polar surface area (TPSA) is 68.7 Å². The van der Waals surface area contributed by atoms with E-state index in [1.54, 1.807) is 25.4 Å². The van der Waals surface area contributed by atoms with Gasteiger partial charge in [-0.1, -0.05) is 6.07 Å². The first kappa shape index (κ1) is 13.3. The van der Waals surface area contributed by atoms with Gasteiger partial charge in [-0.05, 0) is 35.7 Å².